The van der Waals surface area contributed by atoms with Crippen molar-refractivity contribution in [1.29, 1.82) is 0 Å². The van der Waals surface area contributed by atoms with Gasteiger partial charge in [-0.1, -0.05) is 0 Å². The molecule has 0 aliphatic carbocycles. The van der Waals surface area contributed by atoms with Gasteiger partial charge in [0.1, 0.15) is 5.82 Å². The molecule has 1 amide bonds. The number of rotatable bonds is 3. The molecular weight excluding hydrogens is 655 g/mol. The Bertz CT molecular complexity index is 1360. The fourth-order valence-corrected chi connectivity index (χ4v) is 5.16. The molecule has 32 heavy (non-hydrogen) atoms. The van der Waals surface area contributed by atoms with Crippen molar-refractivity contribution in [3.05, 3.63) is 66.1 Å². The average molecular weight is 661 g/mol. The third-order valence-electron chi connectivity index (χ3n) is 4.10. The molecule has 1 N–H and O–H groups in total. The number of carbonyl (C=O) groups is 1. The van der Waals surface area contributed by atoms with Crippen molar-refractivity contribution in [3.63, 3.8) is 0 Å². The molecular formula is C18H6Br3F5N4OS. The van der Waals surface area contributed by atoms with E-state index >= 15 is 0 Å². The molecule has 0 atom stereocenters. The Morgan fingerprint density at radius 2 is 1.81 bits per heavy atom. The molecule has 3 heterocycles. The lowest BCUT2D eigenvalue weighted by atomic mass is 10.2. The minimum Gasteiger partial charge on any atom is -0.317 e. The van der Waals surface area contributed by atoms with Crippen LogP contribution in [0, 0.1) is 11.6 Å². The van der Waals surface area contributed by atoms with Gasteiger partial charge in [-0.2, -0.15) is 18.3 Å². The second kappa shape index (κ2) is 8.47. The van der Waals surface area contributed by atoms with Crippen LogP contribution in [0.15, 0.2) is 43.1 Å². The van der Waals surface area contributed by atoms with Crippen LogP contribution >= 0.6 is 59.1 Å². The van der Waals surface area contributed by atoms with E-state index in [0.717, 1.165) is 12.1 Å². The standard InChI is InChI=1S/C18H6Br3F5N4OS/c19-6-1-11(32-5-6)10-4-12(18(24,25)26)30-16(27-10)13(21)15(29-30)17(31)28-14-8(20)2-7(22)3-9(14)23/h1-5H,(H,28,31). The summed E-state index contributed by atoms with van der Waals surface area (Å²) in [6.45, 7) is 0. The Kier molecular flexibility index (Phi) is 6.15. The lowest BCUT2D eigenvalue weighted by Gasteiger charge is -2.10. The van der Waals surface area contributed by atoms with Gasteiger partial charge in [0.25, 0.3) is 5.91 Å². The Morgan fingerprint density at radius 1 is 1.09 bits per heavy atom. The molecule has 4 rings (SSSR count). The van der Waals surface area contributed by atoms with Crippen LogP contribution in [0.2, 0.25) is 0 Å². The third kappa shape index (κ3) is 4.32. The molecule has 0 bridgehead atoms. The first-order valence-corrected chi connectivity index (χ1v) is 11.6. The van der Waals surface area contributed by atoms with Crippen LogP contribution in [0.4, 0.5) is 27.6 Å². The van der Waals surface area contributed by atoms with Crippen LogP contribution in [-0.2, 0) is 6.18 Å². The molecule has 0 fully saturated rings. The lowest BCUT2D eigenvalue weighted by molar-refractivity contribution is -0.142. The molecule has 3 aromatic heterocycles. The summed E-state index contributed by atoms with van der Waals surface area (Å²) in [5.41, 5.74) is -2.25. The van der Waals surface area contributed by atoms with Gasteiger partial charge in [-0.25, -0.2) is 18.3 Å². The number of benzene rings is 1. The molecule has 0 radical (unpaired) electrons. The van der Waals surface area contributed by atoms with E-state index in [4.69, 9.17) is 0 Å². The molecule has 0 aliphatic rings. The van der Waals surface area contributed by atoms with E-state index in [0.29, 0.717) is 19.9 Å². The largest absolute Gasteiger partial charge is 0.433 e. The zero-order valence-electron chi connectivity index (χ0n) is 15.1. The van der Waals surface area contributed by atoms with Crippen molar-refractivity contribution in [2.24, 2.45) is 0 Å². The summed E-state index contributed by atoms with van der Waals surface area (Å²) < 4.78 is 69.5. The molecule has 0 aliphatic heterocycles. The molecule has 0 saturated heterocycles. The summed E-state index contributed by atoms with van der Waals surface area (Å²) in [6.07, 6.45) is -4.81. The SMILES string of the molecule is O=C(Nc1c(F)cc(F)cc1Br)c1nn2c(C(F)(F)F)cc(-c3cc(Br)cs3)nc2c1Br. The van der Waals surface area contributed by atoms with Gasteiger partial charge in [0.15, 0.2) is 22.9 Å². The van der Waals surface area contributed by atoms with Crippen LogP contribution in [0.1, 0.15) is 16.2 Å². The zero-order chi connectivity index (χ0) is 23.4. The van der Waals surface area contributed by atoms with E-state index in [2.05, 4.69) is 63.2 Å². The van der Waals surface area contributed by atoms with E-state index in [-0.39, 0.29) is 20.3 Å². The topological polar surface area (TPSA) is 59.3 Å². The minimum absolute atomic E-state index is 0.0282. The second-order valence-electron chi connectivity index (χ2n) is 6.25. The fraction of sp³-hybridized carbons (Fsp3) is 0.0556. The molecule has 0 spiro atoms. The van der Waals surface area contributed by atoms with Gasteiger partial charge in [-0.3, -0.25) is 4.79 Å². The number of aromatic nitrogens is 3. The molecule has 1 aromatic carbocycles. The molecule has 14 heteroatoms. The maximum atomic E-state index is 14.1. The van der Waals surface area contributed by atoms with Crippen LogP contribution < -0.4 is 5.32 Å². The van der Waals surface area contributed by atoms with Crippen LogP contribution in [-0.4, -0.2) is 20.5 Å². The highest BCUT2D eigenvalue weighted by molar-refractivity contribution is 9.11. The van der Waals surface area contributed by atoms with E-state index in [1.807, 2.05) is 0 Å². The monoisotopic (exact) mass is 658 g/mol. The number of hydrogen-bond acceptors (Lipinski definition) is 4. The number of anilines is 1. The Balaban J connectivity index is 1.85. The summed E-state index contributed by atoms with van der Waals surface area (Å²) in [7, 11) is 0. The molecule has 0 saturated carbocycles. The van der Waals surface area contributed by atoms with E-state index in [9.17, 15) is 26.7 Å². The normalized spacial score (nSPS) is 11.9. The van der Waals surface area contributed by atoms with Crippen molar-refractivity contribution in [2.75, 3.05) is 5.32 Å². The highest BCUT2D eigenvalue weighted by Crippen LogP contribution is 2.37. The minimum atomic E-state index is -4.81. The second-order valence-corrected chi connectivity index (χ2v) is 9.72. The number of thiophene rings is 1. The van der Waals surface area contributed by atoms with Crippen molar-refractivity contribution in [3.8, 4) is 10.6 Å². The number of nitrogens with zero attached hydrogens (tertiary/aromatic N) is 3. The first-order chi connectivity index (χ1) is 15.0. The van der Waals surface area contributed by atoms with Crippen molar-refractivity contribution < 1.29 is 26.7 Å². The summed E-state index contributed by atoms with van der Waals surface area (Å²) >= 11 is 10.4. The summed E-state index contributed by atoms with van der Waals surface area (Å²) in [4.78, 5) is 17.4. The summed E-state index contributed by atoms with van der Waals surface area (Å²) in [5.74, 6) is -2.99. The number of amides is 1. The first-order valence-electron chi connectivity index (χ1n) is 8.32. The van der Waals surface area contributed by atoms with Crippen LogP contribution in [0.3, 0.4) is 0 Å². The third-order valence-corrected chi connectivity index (χ3v) is 7.17. The number of alkyl halides is 3. The van der Waals surface area contributed by atoms with Gasteiger partial charge in [-0.05, 0) is 66.0 Å². The maximum Gasteiger partial charge on any atom is 0.433 e. The van der Waals surface area contributed by atoms with Crippen molar-refractivity contribution >= 4 is 76.4 Å². The Hall–Kier alpha value is -1.90. The fourth-order valence-electron chi connectivity index (χ4n) is 2.75. The molecule has 0 unspecified atom stereocenters. The maximum absolute atomic E-state index is 14.1. The lowest BCUT2D eigenvalue weighted by Crippen LogP contribution is -2.16. The average Bonchev–Trinajstić information content (AvgIpc) is 3.26. The van der Waals surface area contributed by atoms with Gasteiger partial charge in [0, 0.05) is 20.4 Å². The summed E-state index contributed by atoms with van der Waals surface area (Å²) in [6, 6.07) is 3.90. The van der Waals surface area contributed by atoms with Crippen molar-refractivity contribution in [1.82, 2.24) is 14.6 Å². The Labute approximate surface area is 205 Å². The molecule has 166 valence electrons. The van der Waals surface area contributed by atoms with Gasteiger partial charge < -0.3 is 5.32 Å². The van der Waals surface area contributed by atoms with E-state index in [1.54, 1.807) is 11.4 Å². The predicted octanol–water partition coefficient (Wildman–Crippen LogP) is 7.29. The van der Waals surface area contributed by atoms with Gasteiger partial charge in [0.05, 0.1) is 20.7 Å². The number of hydrogen-bond donors (Lipinski definition) is 1. The quantitative estimate of drug-likeness (QED) is 0.235. The Morgan fingerprint density at radius 3 is 2.41 bits per heavy atom. The van der Waals surface area contributed by atoms with E-state index in [1.165, 1.54) is 11.3 Å². The van der Waals surface area contributed by atoms with E-state index < -0.39 is 40.8 Å². The van der Waals surface area contributed by atoms with Gasteiger partial charge >= 0.3 is 6.18 Å². The number of nitrogens with one attached hydrogen (secondary N) is 1. The van der Waals surface area contributed by atoms with Gasteiger partial charge in [0.2, 0.25) is 0 Å². The zero-order valence-corrected chi connectivity index (χ0v) is 20.6. The smallest absolute Gasteiger partial charge is 0.317 e. The number of carbonyl (C=O) groups excluding carboxylic acids is 1. The molecule has 5 nitrogen and oxygen atoms in total. The summed E-state index contributed by atoms with van der Waals surface area (Å²) in [5, 5.41) is 7.62. The molecule has 4 aromatic rings. The number of fused-ring (bicyclic) bond motifs is 1. The van der Waals surface area contributed by atoms with Gasteiger partial charge in [-0.15, -0.1) is 11.3 Å². The van der Waals surface area contributed by atoms with Crippen molar-refractivity contribution in [2.45, 2.75) is 6.18 Å². The predicted molar refractivity (Wildman–Crippen MR) is 119 cm³/mol. The van der Waals surface area contributed by atoms with Crippen LogP contribution in [0.5, 0.6) is 0 Å². The first kappa shape index (κ1) is 23.3. The highest BCUT2D eigenvalue weighted by atomic mass is 79.9. The van der Waals surface area contributed by atoms with Crippen LogP contribution in [0.25, 0.3) is 16.2 Å². The number of halogens is 8. The highest BCUT2D eigenvalue weighted by Gasteiger charge is 2.37.